The van der Waals surface area contributed by atoms with Crippen molar-refractivity contribution in [3.8, 4) is 11.5 Å². The Balaban J connectivity index is 1.63. The highest BCUT2D eigenvalue weighted by Crippen LogP contribution is 2.17. The van der Waals surface area contributed by atoms with Gasteiger partial charge in [-0.3, -0.25) is 0 Å². The number of benzene rings is 2. The number of aromatic hydroxyl groups is 1. The van der Waals surface area contributed by atoms with Gasteiger partial charge < -0.3 is 15.2 Å². The van der Waals surface area contributed by atoms with E-state index in [0.29, 0.717) is 18.9 Å². The average molecular weight is 271 g/mol. The highest BCUT2D eigenvalue weighted by Gasteiger charge is 2.00. The van der Waals surface area contributed by atoms with Crippen LogP contribution in [-0.4, -0.2) is 18.3 Å². The molecule has 0 aliphatic carbocycles. The average Bonchev–Trinajstić information content (AvgIpc) is 2.47. The van der Waals surface area contributed by atoms with Gasteiger partial charge in [0.05, 0.1) is 6.61 Å². The van der Waals surface area contributed by atoms with Crippen LogP contribution in [0.5, 0.6) is 11.5 Å². The zero-order valence-electron chi connectivity index (χ0n) is 11.8. The topological polar surface area (TPSA) is 41.5 Å². The van der Waals surface area contributed by atoms with Gasteiger partial charge in [-0.05, 0) is 38.1 Å². The van der Waals surface area contributed by atoms with E-state index in [1.54, 1.807) is 6.07 Å². The van der Waals surface area contributed by atoms with Crippen LogP contribution in [0, 0.1) is 6.92 Å². The first-order valence-electron chi connectivity index (χ1n) is 6.93. The van der Waals surface area contributed by atoms with E-state index in [1.807, 2.05) is 49.4 Å². The molecule has 2 aromatic rings. The Hall–Kier alpha value is -2.00. The summed E-state index contributed by atoms with van der Waals surface area (Å²) >= 11 is 0. The molecular weight excluding hydrogens is 250 g/mol. The lowest BCUT2D eigenvalue weighted by Gasteiger charge is -2.09. The molecule has 0 spiro atoms. The van der Waals surface area contributed by atoms with E-state index in [-0.39, 0.29) is 0 Å². The van der Waals surface area contributed by atoms with Crippen LogP contribution in [0.15, 0.2) is 48.5 Å². The number of phenols is 1. The van der Waals surface area contributed by atoms with Crippen LogP contribution in [0.1, 0.15) is 17.5 Å². The third-order valence-electron chi connectivity index (χ3n) is 3.06. The SMILES string of the molecule is Cc1ccc(O)c(CNCCCOc2ccccc2)c1. The lowest BCUT2D eigenvalue weighted by atomic mass is 10.1. The smallest absolute Gasteiger partial charge is 0.120 e. The lowest BCUT2D eigenvalue weighted by Crippen LogP contribution is -2.17. The first-order valence-corrected chi connectivity index (χ1v) is 6.93. The number of aryl methyl sites for hydroxylation is 1. The van der Waals surface area contributed by atoms with E-state index in [4.69, 9.17) is 4.74 Å². The number of para-hydroxylation sites is 1. The van der Waals surface area contributed by atoms with Gasteiger partial charge >= 0.3 is 0 Å². The molecule has 2 rings (SSSR count). The largest absolute Gasteiger partial charge is 0.508 e. The van der Waals surface area contributed by atoms with Crippen molar-refractivity contribution in [3.05, 3.63) is 59.7 Å². The number of hydrogen-bond donors (Lipinski definition) is 2. The molecule has 0 aliphatic rings. The molecular formula is C17H21NO2. The van der Waals surface area contributed by atoms with Crippen molar-refractivity contribution in [1.82, 2.24) is 5.32 Å². The van der Waals surface area contributed by atoms with Gasteiger partial charge in [0.15, 0.2) is 0 Å². The Kier molecular flexibility index (Phi) is 5.44. The summed E-state index contributed by atoms with van der Waals surface area (Å²) in [6, 6.07) is 15.5. The minimum absolute atomic E-state index is 0.351. The molecule has 2 N–H and O–H groups in total. The summed E-state index contributed by atoms with van der Waals surface area (Å²) in [5.74, 6) is 1.26. The third-order valence-corrected chi connectivity index (χ3v) is 3.06. The normalized spacial score (nSPS) is 10.4. The highest BCUT2D eigenvalue weighted by molar-refractivity contribution is 5.35. The van der Waals surface area contributed by atoms with Crippen molar-refractivity contribution in [2.24, 2.45) is 0 Å². The zero-order chi connectivity index (χ0) is 14.2. The van der Waals surface area contributed by atoms with Crippen molar-refractivity contribution in [3.63, 3.8) is 0 Å². The van der Waals surface area contributed by atoms with Crippen LogP contribution in [0.4, 0.5) is 0 Å². The summed E-state index contributed by atoms with van der Waals surface area (Å²) in [6.07, 6.45) is 0.932. The monoisotopic (exact) mass is 271 g/mol. The molecule has 3 nitrogen and oxygen atoms in total. The lowest BCUT2D eigenvalue weighted by molar-refractivity contribution is 0.308. The van der Waals surface area contributed by atoms with E-state index in [9.17, 15) is 5.11 Å². The van der Waals surface area contributed by atoms with Crippen molar-refractivity contribution in [1.29, 1.82) is 0 Å². The molecule has 0 aliphatic heterocycles. The maximum Gasteiger partial charge on any atom is 0.120 e. The Morgan fingerprint density at radius 2 is 1.90 bits per heavy atom. The van der Waals surface area contributed by atoms with E-state index in [1.165, 1.54) is 0 Å². The Morgan fingerprint density at radius 1 is 1.10 bits per heavy atom. The number of hydrogen-bond acceptors (Lipinski definition) is 3. The number of phenolic OH excluding ortho intramolecular Hbond substituents is 1. The zero-order valence-corrected chi connectivity index (χ0v) is 11.8. The molecule has 3 heteroatoms. The molecule has 0 saturated carbocycles. The van der Waals surface area contributed by atoms with Gasteiger partial charge in [0, 0.05) is 12.1 Å². The molecule has 0 radical (unpaired) electrons. The quantitative estimate of drug-likeness (QED) is 0.759. The number of ether oxygens (including phenoxy) is 1. The Labute approximate surface area is 120 Å². The standard InChI is InChI=1S/C17H21NO2/c1-14-8-9-17(19)15(12-14)13-18-10-5-11-20-16-6-3-2-4-7-16/h2-4,6-9,12,18-19H,5,10-11,13H2,1H3. The molecule has 0 aromatic heterocycles. The second-order valence-electron chi connectivity index (χ2n) is 4.82. The summed E-state index contributed by atoms with van der Waals surface area (Å²) in [5, 5.41) is 13.0. The number of nitrogens with one attached hydrogen (secondary N) is 1. The summed E-state index contributed by atoms with van der Waals surface area (Å²) in [4.78, 5) is 0. The van der Waals surface area contributed by atoms with Crippen molar-refractivity contribution in [2.45, 2.75) is 19.9 Å². The molecule has 0 unspecified atom stereocenters. The van der Waals surface area contributed by atoms with Gasteiger partial charge in [0.1, 0.15) is 11.5 Å². The van der Waals surface area contributed by atoms with E-state index >= 15 is 0 Å². The second kappa shape index (κ2) is 7.56. The molecule has 0 atom stereocenters. The van der Waals surface area contributed by atoms with Crippen LogP contribution in [0.3, 0.4) is 0 Å². The number of rotatable bonds is 7. The fourth-order valence-corrected chi connectivity index (χ4v) is 1.98. The van der Waals surface area contributed by atoms with Gasteiger partial charge in [-0.1, -0.05) is 35.9 Å². The van der Waals surface area contributed by atoms with E-state index in [0.717, 1.165) is 29.8 Å². The fraction of sp³-hybridized carbons (Fsp3) is 0.294. The van der Waals surface area contributed by atoms with Gasteiger partial charge in [-0.2, -0.15) is 0 Å². The fourth-order valence-electron chi connectivity index (χ4n) is 1.98. The predicted octanol–water partition coefficient (Wildman–Crippen LogP) is 3.26. The molecule has 0 fully saturated rings. The van der Waals surface area contributed by atoms with Crippen LogP contribution in [0.25, 0.3) is 0 Å². The highest BCUT2D eigenvalue weighted by atomic mass is 16.5. The Bertz CT molecular complexity index is 526. The molecule has 0 heterocycles. The van der Waals surface area contributed by atoms with Crippen molar-refractivity contribution < 1.29 is 9.84 Å². The van der Waals surface area contributed by atoms with Crippen LogP contribution in [0.2, 0.25) is 0 Å². The first kappa shape index (κ1) is 14.4. The molecule has 2 aromatic carbocycles. The van der Waals surface area contributed by atoms with E-state index < -0.39 is 0 Å². The van der Waals surface area contributed by atoms with Gasteiger partial charge in [0.25, 0.3) is 0 Å². The van der Waals surface area contributed by atoms with Crippen molar-refractivity contribution in [2.75, 3.05) is 13.2 Å². The summed E-state index contributed by atoms with van der Waals surface area (Å²) in [7, 11) is 0. The first-order chi connectivity index (χ1) is 9.75. The summed E-state index contributed by atoms with van der Waals surface area (Å²) < 4.78 is 5.61. The maximum atomic E-state index is 9.72. The predicted molar refractivity (Wildman–Crippen MR) is 81.1 cm³/mol. The minimum atomic E-state index is 0.351. The van der Waals surface area contributed by atoms with E-state index in [2.05, 4.69) is 5.32 Å². The summed E-state index contributed by atoms with van der Waals surface area (Å²) in [6.45, 7) is 4.26. The Morgan fingerprint density at radius 3 is 2.70 bits per heavy atom. The summed E-state index contributed by atoms with van der Waals surface area (Å²) in [5.41, 5.74) is 2.10. The maximum absolute atomic E-state index is 9.72. The van der Waals surface area contributed by atoms with Gasteiger partial charge in [0.2, 0.25) is 0 Å². The molecule has 20 heavy (non-hydrogen) atoms. The van der Waals surface area contributed by atoms with Crippen LogP contribution >= 0.6 is 0 Å². The van der Waals surface area contributed by atoms with Gasteiger partial charge in [-0.15, -0.1) is 0 Å². The van der Waals surface area contributed by atoms with Gasteiger partial charge in [-0.25, -0.2) is 0 Å². The minimum Gasteiger partial charge on any atom is -0.508 e. The molecule has 0 amide bonds. The van der Waals surface area contributed by atoms with Crippen LogP contribution < -0.4 is 10.1 Å². The van der Waals surface area contributed by atoms with Crippen molar-refractivity contribution >= 4 is 0 Å². The second-order valence-corrected chi connectivity index (χ2v) is 4.82. The molecule has 0 bridgehead atoms. The van der Waals surface area contributed by atoms with Crippen LogP contribution in [-0.2, 0) is 6.54 Å². The molecule has 106 valence electrons. The molecule has 0 saturated heterocycles. The third kappa shape index (κ3) is 4.59.